The lowest BCUT2D eigenvalue weighted by molar-refractivity contribution is -0.131. The van der Waals surface area contributed by atoms with Crippen molar-refractivity contribution in [2.45, 2.75) is 6.92 Å². The van der Waals surface area contributed by atoms with E-state index < -0.39 is 11.9 Å². The number of aromatic carboxylic acids is 1. The van der Waals surface area contributed by atoms with Gasteiger partial charge < -0.3 is 10.2 Å². The molecule has 0 spiro atoms. The van der Waals surface area contributed by atoms with E-state index >= 15 is 0 Å². The third-order valence-corrected chi connectivity index (χ3v) is 1.70. The van der Waals surface area contributed by atoms with Crippen LogP contribution in [-0.2, 0) is 4.79 Å². The molecule has 0 bridgehead atoms. The maximum absolute atomic E-state index is 10.4. The predicted octanol–water partition coefficient (Wildman–Crippen LogP) is 2.67. The molecule has 0 aliphatic carbocycles. The molecule has 0 atom stereocenters. The maximum atomic E-state index is 10.4. The second-order valence-corrected chi connectivity index (χ2v) is 2.97. The normalized spacial score (nSPS) is 9.24. The molecule has 4 heteroatoms. The van der Waals surface area contributed by atoms with Crippen molar-refractivity contribution in [1.82, 2.24) is 0 Å². The highest BCUT2D eigenvalue weighted by atomic mass is 16.4. The van der Waals surface area contributed by atoms with Gasteiger partial charge in [-0.05, 0) is 24.6 Å². The minimum absolute atomic E-state index is 0.301. The fraction of sp³-hybridized carbons (Fsp3) is 0.0769. The fourth-order valence-electron chi connectivity index (χ4n) is 0.904. The molecule has 0 radical (unpaired) electrons. The van der Waals surface area contributed by atoms with Gasteiger partial charge in [0.25, 0.3) is 0 Å². The van der Waals surface area contributed by atoms with Crippen molar-refractivity contribution in [1.29, 1.82) is 0 Å². The zero-order valence-electron chi connectivity index (χ0n) is 9.46. The number of hydrogen-bond donors (Lipinski definition) is 2. The summed E-state index contributed by atoms with van der Waals surface area (Å²) in [6.07, 6.45) is 4.23. The largest absolute Gasteiger partial charge is 0.478 e. The van der Waals surface area contributed by atoms with E-state index in [2.05, 4.69) is 6.58 Å². The average molecular weight is 234 g/mol. The first-order valence-electron chi connectivity index (χ1n) is 4.82. The Morgan fingerprint density at radius 3 is 1.94 bits per heavy atom. The molecule has 4 nitrogen and oxygen atoms in total. The third-order valence-electron chi connectivity index (χ3n) is 1.70. The van der Waals surface area contributed by atoms with Crippen LogP contribution >= 0.6 is 0 Å². The Hall–Kier alpha value is -2.36. The molecule has 0 saturated carbocycles. The van der Waals surface area contributed by atoms with Gasteiger partial charge in [0, 0.05) is 6.08 Å². The molecule has 0 saturated heterocycles. The Bertz CT molecular complexity index is 416. The summed E-state index contributed by atoms with van der Waals surface area (Å²) in [5.74, 6) is -1.79. The topological polar surface area (TPSA) is 74.6 Å². The van der Waals surface area contributed by atoms with Gasteiger partial charge in [0.05, 0.1) is 5.56 Å². The Kier molecular flexibility index (Phi) is 6.78. The van der Waals surface area contributed by atoms with Crippen LogP contribution in [0.2, 0.25) is 0 Å². The fourth-order valence-corrected chi connectivity index (χ4v) is 0.904. The van der Waals surface area contributed by atoms with Gasteiger partial charge in [-0.15, -0.1) is 0 Å². The zero-order valence-corrected chi connectivity index (χ0v) is 9.46. The number of rotatable bonds is 3. The molecule has 0 amide bonds. The first-order chi connectivity index (χ1) is 8.01. The molecule has 0 aromatic heterocycles. The maximum Gasteiger partial charge on any atom is 0.335 e. The van der Waals surface area contributed by atoms with Crippen molar-refractivity contribution in [2.24, 2.45) is 0 Å². The third kappa shape index (κ3) is 6.67. The summed E-state index contributed by atoms with van der Waals surface area (Å²) in [6.45, 7) is 5.22. The minimum atomic E-state index is -0.902. The quantitative estimate of drug-likeness (QED) is 0.788. The summed E-state index contributed by atoms with van der Waals surface area (Å²) in [7, 11) is 0. The van der Waals surface area contributed by atoms with E-state index in [4.69, 9.17) is 10.2 Å². The molecular weight excluding hydrogens is 220 g/mol. The molecule has 2 N–H and O–H groups in total. The molecule has 1 rings (SSSR count). The van der Waals surface area contributed by atoms with E-state index in [1.54, 1.807) is 37.3 Å². The lowest BCUT2D eigenvalue weighted by Crippen LogP contribution is -1.94. The molecular formula is C13H14O4. The summed E-state index contributed by atoms with van der Waals surface area (Å²) >= 11 is 0. The Morgan fingerprint density at radius 1 is 1.18 bits per heavy atom. The van der Waals surface area contributed by atoms with Gasteiger partial charge in [0.15, 0.2) is 0 Å². The van der Waals surface area contributed by atoms with Gasteiger partial charge >= 0.3 is 11.9 Å². The van der Waals surface area contributed by atoms with Crippen LogP contribution in [0.3, 0.4) is 0 Å². The highest BCUT2D eigenvalue weighted by molar-refractivity contribution is 5.87. The van der Waals surface area contributed by atoms with Gasteiger partial charge in [-0.3, -0.25) is 0 Å². The monoisotopic (exact) mass is 234 g/mol. The van der Waals surface area contributed by atoms with E-state index in [1.807, 2.05) is 0 Å². The second-order valence-electron chi connectivity index (χ2n) is 2.97. The number of benzene rings is 1. The first kappa shape index (κ1) is 14.6. The number of hydrogen-bond acceptors (Lipinski definition) is 2. The summed E-state index contributed by atoms with van der Waals surface area (Å²) in [6, 6.07) is 6.55. The Morgan fingerprint density at radius 2 is 1.71 bits per heavy atom. The highest BCUT2D eigenvalue weighted by Crippen LogP contribution is 2.04. The second kappa shape index (κ2) is 7.87. The number of carbonyl (C=O) groups is 2. The smallest absolute Gasteiger partial charge is 0.335 e. The molecule has 1 aromatic carbocycles. The summed E-state index contributed by atoms with van der Waals surface area (Å²) < 4.78 is 0. The average Bonchev–Trinajstić information content (AvgIpc) is 2.29. The SMILES string of the molecule is C=Cc1ccc(C(=O)O)cc1.CC=CC(=O)O. The Balaban J connectivity index is 0.000000366. The number of carboxylic acid groups (broad SMARTS) is 2. The van der Waals surface area contributed by atoms with Gasteiger partial charge in [-0.2, -0.15) is 0 Å². The van der Waals surface area contributed by atoms with Crippen molar-refractivity contribution in [2.75, 3.05) is 0 Å². The van der Waals surface area contributed by atoms with E-state index in [1.165, 1.54) is 6.08 Å². The summed E-state index contributed by atoms with van der Waals surface area (Å²) in [5.41, 5.74) is 1.23. The lowest BCUT2D eigenvalue weighted by Gasteiger charge is -1.93. The van der Waals surface area contributed by atoms with Crippen molar-refractivity contribution in [3.8, 4) is 0 Å². The summed E-state index contributed by atoms with van der Waals surface area (Å²) in [5, 5.41) is 16.3. The van der Waals surface area contributed by atoms with Crippen LogP contribution in [0, 0.1) is 0 Å². The van der Waals surface area contributed by atoms with Gasteiger partial charge in [0.2, 0.25) is 0 Å². The van der Waals surface area contributed by atoms with E-state index in [9.17, 15) is 9.59 Å². The van der Waals surface area contributed by atoms with Crippen LogP contribution in [0.5, 0.6) is 0 Å². The molecule has 0 heterocycles. The number of aliphatic carboxylic acids is 1. The van der Waals surface area contributed by atoms with Crippen LogP contribution in [0.1, 0.15) is 22.8 Å². The van der Waals surface area contributed by atoms with Crippen molar-refractivity contribution >= 4 is 18.0 Å². The first-order valence-corrected chi connectivity index (χ1v) is 4.82. The van der Waals surface area contributed by atoms with E-state index in [0.29, 0.717) is 5.56 Å². The molecule has 0 aliphatic heterocycles. The van der Waals surface area contributed by atoms with E-state index in [-0.39, 0.29) is 0 Å². The molecule has 1 aromatic rings. The van der Waals surface area contributed by atoms with Gasteiger partial charge in [-0.1, -0.05) is 30.9 Å². The predicted molar refractivity (Wildman–Crippen MR) is 65.9 cm³/mol. The minimum Gasteiger partial charge on any atom is -0.478 e. The van der Waals surface area contributed by atoms with Crippen molar-refractivity contribution in [3.05, 3.63) is 54.1 Å². The van der Waals surface area contributed by atoms with Gasteiger partial charge in [0.1, 0.15) is 0 Å². The Labute approximate surface area is 99.5 Å². The molecule has 17 heavy (non-hydrogen) atoms. The number of allylic oxidation sites excluding steroid dienone is 1. The standard InChI is InChI=1S/C9H8O2.C4H6O2/c1-2-7-3-5-8(6-4-7)9(10)11;1-2-3-4(5)6/h2-6H,1H2,(H,10,11);2-3H,1H3,(H,5,6). The summed E-state index contributed by atoms with van der Waals surface area (Å²) in [4.78, 5) is 19.9. The molecule has 0 unspecified atom stereocenters. The number of carboxylic acids is 2. The van der Waals surface area contributed by atoms with Crippen molar-refractivity contribution < 1.29 is 19.8 Å². The van der Waals surface area contributed by atoms with Crippen LogP contribution in [0.15, 0.2) is 43.0 Å². The molecule has 0 fully saturated rings. The van der Waals surface area contributed by atoms with Gasteiger partial charge in [-0.25, -0.2) is 9.59 Å². The van der Waals surface area contributed by atoms with Crippen LogP contribution in [0.25, 0.3) is 6.08 Å². The molecule has 0 aliphatic rings. The van der Waals surface area contributed by atoms with Crippen molar-refractivity contribution in [3.63, 3.8) is 0 Å². The molecule has 90 valence electrons. The zero-order chi connectivity index (χ0) is 13.3. The highest BCUT2D eigenvalue weighted by Gasteiger charge is 1.99. The van der Waals surface area contributed by atoms with Crippen LogP contribution in [0.4, 0.5) is 0 Å². The van der Waals surface area contributed by atoms with Crippen LogP contribution in [-0.4, -0.2) is 22.2 Å². The van der Waals surface area contributed by atoms with Crippen LogP contribution < -0.4 is 0 Å². The lowest BCUT2D eigenvalue weighted by atomic mass is 10.1. The van der Waals surface area contributed by atoms with E-state index in [0.717, 1.165) is 11.6 Å².